The fraction of sp³-hybridized carbons (Fsp3) is 0.186. The Bertz CT molecular complexity index is 4210. The molecule has 13 aromatic carbocycles. The number of aryl methyl sites for hydroxylation is 4. The van der Waals surface area contributed by atoms with Gasteiger partial charge in [-0.05, 0) is 172 Å². The maximum atomic E-state index is 3.86. The molecule has 13 aromatic rings. The molecule has 0 spiro atoms. The van der Waals surface area contributed by atoms with Gasteiger partial charge in [0.05, 0.1) is 0 Å². The number of unbranched alkanes of at least 4 members (excludes halogenated alkanes) is 4. The Balaban J connectivity index is 1.12. The Labute approximate surface area is 508 Å². The minimum absolute atomic E-state index is 0.810. The summed E-state index contributed by atoms with van der Waals surface area (Å²) >= 11 is 0. The summed E-state index contributed by atoms with van der Waals surface area (Å²) in [5.74, 6) is 30.8. The lowest BCUT2D eigenvalue weighted by Crippen LogP contribution is -1.96. The summed E-state index contributed by atoms with van der Waals surface area (Å²) in [7, 11) is 0. The molecule has 0 N–H and O–H groups in total. The van der Waals surface area contributed by atoms with Crippen molar-refractivity contribution in [2.45, 2.75) is 105 Å². The van der Waals surface area contributed by atoms with Crippen LogP contribution in [0.25, 0.3) is 86.2 Å². The lowest BCUT2D eigenvalue weighted by molar-refractivity contribution is 0.802. The first-order valence-electron chi connectivity index (χ1n) is 31.5. The molecule has 0 fully saturated rings. The lowest BCUT2D eigenvalue weighted by atomic mass is 9.88. The van der Waals surface area contributed by atoms with E-state index in [-0.39, 0.29) is 0 Å². The highest BCUT2D eigenvalue weighted by molar-refractivity contribution is 6.11. The van der Waals surface area contributed by atoms with Gasteiger partial charge in [-0.25, -0.2) is 0 Å². The normalized spacial score (nSPS) is 11.2. The van der Waals surface area contributed by atoms with Crippen molar-refractivity contribution < 1.29 is 0 Å². The van der Waals surface area contributed by atoms with E-state index in [1.807, 2.05) is 0 Å². The van der Waals surface area contributed by atoms with Crippen LogP contribution in [0.2, 0.25) is 0 Å². The molecule has 0 aliphatic carbocycles. The minimum Gasteiger partial charge on any atom is -0.0654 e. The molecule has 13 rings (SSSR count). The second-order valence-corrected chi connectivity index (χ2v) is 23.1. The van der Waals surface area contributed by atoms with Crippen molar-refractivity contribution in [1.82, 2.24) is 0 Å². The summed E-state index contributed by atoms with van der Waals surface area (Å²) in [5, 5.41) is 19.5. The molecule has 86 heavy (non-hydrogen) atoms. The summed E-state index contributed by atoms with van der Waals surface area (Å²) in [6, 6.07) is 75.3. The zero-order chi connectivity index (χ0) is 58.3. The average Bonchev–Trinajstić information content (AvgIpc) is 1.56. The maximum absolute atomic E-state index is 3.86. The van der Waals surface area contributed by atoms with Crippen molar-refractivity contribution in [2.24, 2.45) is 0 Å². The topological polar surface area (TPSA) is 0 Å². The highest BCUT2D eigenvalue weighted by Gasteiger charge is 2.18. The van der Waals surface area contributed by atoms with Gasteiger partial charge in [0.25, 0.3) is 0 Å². The van der Waals surface area contributed by atoms with Gasteiger partial charge < -0.3 is 0 Å². The quantitative estimate of drug-likeness (QED) is 0.0845. The van der Waals surface area contributed by atoms with Crippen LogP contribution in [-0.2, 0) is 25.7 Å². The van der Waals surface area contributed by atoms with Crippen molar-refractivity contribution in [1.29, 1.82) is 0 Å². The third-order valence-electron chi connectivity index (χ3n) is 17.7. The predicted molar refractivity (Wildman–Crippen MR) is 371 cm³/mol. The van der Waals surface area contributed by atoms with Crippen molar-refractivity contribution in [3.63, 3.8) is 0 Å². The van der Waals surface area contributed by atoms with Gasteiger partial charge in [-0.1, -0.05) is 295 Å². The Morgan fingerprint density at radius 3 is 0.500 bits per heavy atom. The zero-order valence-electron chi connectivity index (χ0n) is 50.1. The molecule has 0 heterocycles. The molecule has 0 aromatic heterocycles. The van der Waals surface area contributed by atoms with Gasteiger partial charge >= 0.3 is 0 Å². The van der Waals surface area contributed by atoms with Crippen LogP contribution in [0.15, 0.2) is 206 Å². The zero-order valence-corrected chi connectivity index (χ0v) is 50.1. The molecule has 0 amide bonds. The summed E-state index contributed by atoms with van der Waals surface area (Å²) in [5.41, 5.74) is 12.9. The molecule has 0 bridgehead atoms. The Hall–Kier alpha value is -9.82. The SMILES string of the molecule is CCCCc1c2ccccc2c(C#Cc2cc(C#Cc3c4ccccc4c(CCCC)c4ccccc34)c(C#Cc3c4ccccc4c(CCCC)c4ccccc34)cc2C#Cc2c3ccccc3c(CCCC)c3ccccc23)c2ccccc12. The van der Waals surface area contributed by atoms with Crippen LogP contribution in [0.1, 0.15) is 146 Å². The minimum atomic E-state index is 0.810. The van der Waals surface area contributed by atoms with Crippen LogP contribution in [0, 0.1) is 47.4 Å². The van der Waals surface area contributed by atoms with Crippen LogP contribution in [0.5, 0.6) is 0 Å². The Morgan fingerprint density at radius 1 is 0.198 bits per heavy atom. The van der Waals surface area contributed by atoms with E-state index in [4.69, 9.17) is 0 Å². The number of hydrogen-bond acceptors (Lipinski definition) is 0. The highest BCUT2D eigenvalue weighted by atomic mass is 14.2. The van der Waals surface area contributed by atoms with Crippen molar-refractivity contribution in [3.05, 3.63) is 273 Å². The average molecular weight is 1100 g/mol. The highest BCUT2D eigenvalue weighted by Crippen LogP contribution is 2.39. The fourth-order valence-corrected chi connectivity index (χ4v) is 13.4. The van der Waals surface area contributed by atoms with Crippen molar-refractivity contribution >= 4 is 86.2 Å². The monoisotopic (exact) mass is 1100 g/mol. The largest absolute Gasteiger partial charge is 0.0654 e. The van der Waals surface area contributed by atoms with Gasteiger partial charge in [-0.3, -0.25) is 0 Å². The van der Waals surface area contributed by atoms with E-state index in [0.717, 1.165) is 122 Å². The molecule has 0 aliphatic rings. The molecule has 0 heteroatoms. The van der Waals surface area contributed by atoms with Crippen LogP contribution < -0.4 is 0 Å². The lowest BCUT2D eigenvalue weighted by Gasteiger charge is -2.14. The van der Waals surface area contributed by atoms with Crippen LogP contribution in [0.3, 0.4) is 0 Å². The summed E-state index contributed by atoms with van der Waals surface area (Å²) < 4.78 is 0. The van der Waals surface area contributed by atoms with Crippen molar-refractivity contribution in [3.8, 4) is 47.4 Å². The van der Waals surface area contributed by atoms with Gasteiger partial charge in [0.1, 0.15) is 0 Å². The molecular weight excluding hydrogens is 1030 g/mol. The molecule has 0 saturated heterocycles. The van der Waals surface area contributed by atoms with E-state index in [1.54, 1.807) is 0 Å². The van der Waals surface area contributed by atoms with Crippen LogP contribution >= 0.6 is 0 Å². The molecular formula is C86H70. The van der Waals surface area contributed by atoms with E-state index >= 15 is 0 Å². The molecule has 0 radical (unpaired) electrons. The third-order valence-corrected chi connectivity index (χ3v) is 17.7. The van der Waals surface area contributed by atoms with Gasteiger partial charge in [0.2, 0.25) is 0 Å². The molecule has 0 atom stereocenters. The molecule has 0 saturated carbocycles. The van der Waals surface area contributed by atoms with E-state index in [1.165, 1.54) is 108 Å². The van der Waals surface area contributed by atoms with E-state index in [2.05, 4.69) is 281 Å². The first kappa shape index (κ1) is 55.4. The summed E-state index contributed by atoms with van der Waals surface area (Å²) in [6.45, 7) is 9.10. The fourth-order valence-electron chi connectivity index (χ4n) is 13.4. The molecule has 0 unspecified atom stereocenters. The first-order chi connectivity index (χ1) is 42.6. The molecule has 414 valence electrons. The third kappa shape index (κ3) is 10.5. The van der Waals surface area contributed by atoms with Gasteiger partial charge in [0.15, 0.2) is 0 Å². The molecule has 0 nitrogen and oxygen atoms in total. The van der Waals surface area contributed by atoms with Crippen molar-refractivity contribution in [2.75, 3.05) is 0 Å². The Morgan fingerprint density at radius 2 is 0.349 bits per heavy atom. The van der Waals surface area contributed by atoms with Gasteiger partial charge in [0, 0.05) is 44.5 Å². The van der Waals surface area contributed by atoms with Gasteiger partial charge in [-0.2, -0.15) is 0 Å². The number of fused-ring (bicyclic) bond motifs is 8. The number of rotatable bonds is 12. The summed E-state index contributed by atoms with van der Waals surface area (Å²) in [6.07, 6.45) is 13.1. The number of hydrogen-bond donors (Lipinski definition) is 0. The molecule has 0 aliphatic heterocycles. The second kappa shape index (κ2) is 25.2. The maximum Gasteiger partial charge on any atom is 0.0419 e. The second-order valence-electron chi connectivity index (χ2n) is 23.1. The van der Waals surface area contributed by atoms with Crippen LogP contribution in [-0.4, -0.2) is 0 Å². The van der Waals surface area contributed by atoms with E-state index < -0.39 is 0 Å². The van der Waals surface area contributed by atoms with Crippen LogP contribution in [0.4, 0.5) is 0 Å². The first-order valence-corrected chi connectivity index (χ1v) is 31.5. The standard InChI is InChI=1S/C86H70/c1-5-9-29-63-67-33-13-21-41-75(67)83(76-42-22-14-34-68(63)76)53-49-59-57-61(51-55-85-79-45-25-17-37-71(79)65(31-11-7-3)72-38-18-26-46-80(72)85)62(52-56-86-81-47-27-19-39-73(81)66(32-12-8-4)74-40-20-28-48-82(74)86)58-60(59)50-54-84-77-43-23-15-35-69(77)64(30-10-6-2)70-36-16-24-44-78(70)84/h13-28,33-48,57-58H,5-12,29-32H2,1-4H3. The van der Waals surface area contributed by atoms with E-state index in [9.17, 15) is 0 Å². The van der Waals surface area contributed by atoms with E-state index in [0.29, 0.717) is 0 Å². The Kier molecular flexibility index (Phi) is 16.2. The number of benzene rings is 13. The predicted octanol–water partition coefficient (Wildman–Crippen LogP) is 21.9. The smallest absolute Gasteiger partial charge is 0.0419 e. The summed E-state index contributed by atoms with van der Waals surface area (Å²) in [4.78, 5) is 0. The van der Waals surface area contributed by atoms with Gasteiger partial charge in [-0.15, -0.1) is 0 Å².